The highest BCUT2D eigenvalue weighted by Gasteiger charge is 2.20. The van der Waals surface area contributed by atoms with E-state index < -0.39 is 10.0 Å². The lowest BCUT2D eigenvalue weighted by Gasteiger charge is -2.16. The number of hydrogen-bond donors (Lipinski definition) is 2. The van der Waals surface area contributed by atoms with Gasteiger partial charge in [0.2, 0.25) is 10.0 Å². The molecule has 0 atom stereocenters. The first-order chi connectivity index (χ1) is 9.78. The molecule has 2 N–H and O–H groups in total. The van der Waals surface area contributed by atoms with Crippen LogP contribution in [0.2, 0.25) is 0 Å². The van der Waals surface area contributed by atoms with Gasteiger partial charge >= 0.3 is 0 Å². The SMILES string of the molecule is CCCCNC(=S)Nc1ccc(C)c(S(=O)(=O)N(C)C)c1. The summed E-state index contributed by atoms with van der Waals surface area (Å²) in [5.41, 5.74) is 1.37. The van der Waals surface area contributed by atoms with Crippen molar-refractivity contribution in [2.45, 2.75) is 31.6 Å². The summed E-state index contributed by atoms with van der Waals surface area (Å²) in [6.45, 7) is 4.69. The molecule has 0 fully saturated rings. The lowest BCUT2D eigenvalue weighted by Crippen LogP contribution is -2.29. The first-order valence-corrected chi connectivity index (χ1v) is 8.72. The minimum absolute atomic E-state index is 0.286. The van der Waals surface area contributed by atoms with Crippen LogP contribution in [0.5, 0.6) is 0 Å². The lowest BCUT2D eigenvalue weighted by molar-refractivity contribution is 0.520. The number of nitrogens with one attached hydrogen (secondary N) is 2. The maximum Gasteiger partial charge on any atom is 0.242 e. The maximum absolute atomic E-state index is 12.3. The van der Waals surface area contributed by atoms with Crippen molar-refractivity contribution in [2.75, 3.05) is 26.0 Å². The molecule has 0 bridgehead atoms. The fraction of sp³-hybridized carbons (Fsp3) is 0.500. The van der Waals surface area contributed by atoms with Gasteiger partial charge in [0.25, 0.3) is 0 Å². The number of nitrogens with zero attached hydrogens (tertiary/aromatic N) is 1. The van der Waals surface area contributed by atoms with Crippen LogP contribution >= 0.6 is 12.2 Å². The Morgan fingerprint density at radius 2 is 2.00 bits per heavy atom. The fourth-order valence-corrected chi connectivity index (χ4v) is 3.07. The summed E-state index contributed by atoms with van der Waals surface area (Å²) in [4.78, 5) is 0.286. The van der Waals surface area contributed by atoms with Gasteiger partial charge in [-0.1, -0.05) is 19.4 Å². The van der Waals surface area contributed by atoms with E-state index in [4.69, 9.17) is 12.2 Å². The van der Waals surface area contributed by atoms with E-state index in [1.807, 2.05) is 6.07 Å². The molecule has 0 saturated heterocycles. The molecule has 0 heterocycles. The smallest absolute Gasteiger partial charge is 0.242 e. The number of aryl methyl sites for hydroxylation is 1. The molecular weight excluding hydrogens is 306 g/mol. The van der Waals surface area contributed by atoms with Crippen LogP contribution in [0.15, 0.2) is 23.1 Å². The van der Waals surface area contributed by atoms with Crippen molar-refractivity contribution in [1.29, 1.82) is 0 Å². The van der Waals surface area contributed by atoms with Gasteiger partial charge < -0.3 is 10.6 Å². The first-order valence-electron chi connectivity index (χ1n) is 6.87. The first kappa shape index (κ1) is 17.9. The number of sulfonamides is 1. The zero-order valence-corrected chi connectivity index (χ0v) is 14.6. The lowest BCUT2D eigenvalue weighted by atomic mass is 10.2. The topological polar surface area (TPSA) is 61.4 Å². The molecule has 118 valence electrons. The normalized spacial score (nSPS) is 11.5. The van der Waals surface area contributed by atoms with Crippen molar-refractivity contribution in [3.05, 3.63) is 23.8 Å². The monoisotopic (exact) mass is 329 g/mol. The quantitative estimate of drug-likeness (QED) is 0.619. The summed E-state index contributed by atoms with van der Waals surface area (Å²) in [5.74, 6) is 0. The van der Waals surface area contributed by atoms with Crippen LogP contribution in [-0.4, -0.2) is 38.5 Å². The number of anilines is 1. The van der Waals surface area contributed by atoms with Crippen LogP contribution in [0.4, 0.5) is 5.69 Å². The van der Waals surface area contributed by atoms with E-state index in [0.717, 1.165) is 19.4 Å². The predicted octanol–water partition coefficient (Wildman–Crippen LogP) is 2.33. The molecule has 0 radical (unpaired) electrons. The van der Waals surface area contributed by atoms with E-state index in [9.17, 15) is 8.42 Å². The molecule has 0 saturated carbocycles. The third-order valence-corrected chi connectivity index (χ3v) is 5.22. The highest BCUT2D eigenvalue weighted by molar-refractivity contribution is 7.89. The second-order valence-electron chi connectivity index (χ2n) is 5.00. The highest BCUT2D eigenvalue weighted by Crippen LogP contribution is 2.22. The summed E-state index contributed by atoms with van der Waals surface area (Å²) in [7, 11) is -0.418. The van der Waals surface area contributed by atoms with Crippen molar-refractivity contribution in [2.24, 2.45) is 0 Å². The maximum atomic E-state index is 12.3. The van der Waals surface area contributed by atoms with Crippen LogP contribution in [0.25, 0.3) is 0 Å². The fourth-order valence-electron chi connectivity index (χ4n) is 1.71. The minimum atomic E-state index is -3.46. The van der Waals surface area contributed by atoms with E-state index in [1.54, 1.807) is 19.1 Å². The Labute approximate surface area is 132 Å². The van der Waals surface area contributed by atoms with E-state index in [1.165, 1.54) is 18.4 Å². The Kier molecular flexibility index (Phi) is 6.57. The summed E-state index contributed by atoms with van der Waals surface area (Å²) < 4.78 is 25.7. The Balaban J connectivity index is 2.90. The number of benzene rings is 1. The Bertz CT molecular complexity index is 598. The number of rotatable bonds is 6. The van der Waals surface area contributed by atoms with Gasteiger partial charge in [-0.3, -0.25) is 0 Å². The predicted molar refractivity (Wildman–Crippen MR) is 91.2 cm³/mol. The van der Waals surface area contributed by atoms with Crippen molar-refractivity contribution >= 4 is 33.0 Å². The van der Waals surface area contributed by atoms with Gasteiger partial charge in [-0.05, 0) is 43.3 Å². The molecule has 5 nitrogen and oxygen atoms in total. The van der Waals surface area contributed by atoms with Gasteiger partial charge in [-0.2, -0.15) is 0 Å². The second-order valence-corrected chi connectivity index (χ2v) is 7.53. The van der Waals surface area contributed by atoms with Gasteiger partial charge in [0.15, 0.2) is 5.11 Å². The van der Waals surface area contributed by atoms with Crippen LogP contribution in [0.1, 0.15) is 25.3 Å². The van der Waals surface area contributed by atoms with E-state index in [-0.39, 0.29) is 4.90 Å². The number of unbranched alkanes of at least 4 members (excludes halogenated alkanes) is 1. The minimum Gasteiger partial charge on any atom is -0.362 e. The molecule has 21 heavy (non-hydrogen) atoms. The van der Waals surface area contributed by atoms with Crippen molar-refractivity contribution in [3.63, 3.8) is 0 Å². The zero-order valence-electron chi connectivity index (χ0n) is 12.9. The van der Waals surface area contributed by atoms with Gasteiger partial charge in [-0.15, -0.1) is 0 Å². The summed E-state index contributed by atoms with van der Waals surface area (Å²) in [6, 6.07) is 5.20. The molecule has 1 rings (SSSR count). The number of hydrogen-bond acceptors (Lipinski definition) is 3. The molecule has 0 spiro atoms. The second kappa shape index (κ2) is 7.72. The van der Waals surface area contributed by atoms with Gasteiger partial charge in [0, 0.05) is 26.3 Å². The average molecular weight is 329 g/mol. The largest absolute Gasteiger partial charge is 0.362 e. The van der Waals surface area contributed by atoms with Gasteiger partial charge in [0.05, 0.1) is 4.90 Å². The average Bonchev–Trinajstić information content (AvgIpc) is 2.41. The van der Waals surface area contributed by atoms with Crippen molar-refractivity contribution in [1.82, 2.24) is 9.62 Å². The Morgan fingerprint density at radius 1 is 1.33 bits per heavy atom. The molecule has 0 aliphatic carbocycles. The molecule has 0 aliphatic heterocycles. The van der Waals surface area contributed by atoms with Crippen molar-refractivity contribution in [3.8, 4) is 0 Å². The molecule has 0 aliphatic rings. The molecule has 0 amide bonds. The zero-order chi connectivity index (χ0) is 16.0. The van der Waals surface area contributed by atoms with Crippen LogP contribution in [-0.2, 0) is 10.0 Å². The molecule has 1 aromatic carbocycles. The number of thiocarbonyl (C=S) groups is 1. The molecule has 0 aromatic heterocycles. The van der Waals surface area contributed by atoms with Crippen molar-refractivity contribution < 1.29 is 8.42 Å². The van der Waals surface area contributed by atoms with Gasteiger partial charge in [-0.25, -0.2) is 12.7 Å². The Hall–Kier alpha value is -1.18. The standard InChI is InChI=1S/C14H23N3O2S2/c1-5-6-9-15-14(20)16-12-8-7-11(2)13(10-12)21(18,19)17(3)4/h7-8,10H,5-6,9H2,1-4H3,(H2,15,16,20). The summed E-state index contributed by atoms with van der Waals surface area (Å²) in [5, 5.41) is 6.61. The molecule has 0 unspecified atom stereocenters. The Morgan fingerprint density at radius 3 is 2.57 bits per heavy atom. The van der Waals surface area contributed by atoms with Gasteiger partial charge in [0.1, 0.15) is 0 Å². The third-order valence-electron chi connectivity index (χ3n) is 3.02. The molecule has 1 aromatic rings. The molecular formula is C14H23N3O2S2. The van der Waals surface area contributed by atoms with Crippen LogP contribution in [0.3, 0.4) is 0 Å². The van der Waals surface area contributed by atoms with Crippen LogP contribution < -0.4 is 10.6 Å². The molecule has 7 heteroatoms. The van der Waals surface area contributed by atoms with E-state index in [0.29, 0.717) is 16.4 Å². The highest BCUT2D eigenvalue weighted by atomic mass is 32.2. The third kappa shape index (κ3) is 4.94. The van der Waals surface area contributed by atoms with E-state index >= 15 is 0 Å². The summed E-state index contributed by atoms with van der Waals surface area (Å²) >= 11 is 5.19. The van der Waals surface area contributed by atoms with E-state index in [2.05, 4.69) is 17.6 Å². The summed E-state index contributed by atoms with van der Waals surface area (Å²) in [6.07, 6.45) is 2.13. The van der Waals surface area contributed by atoms with Crippen LogP contribution in [0, 0.1) is 6.92 Å².